The normalized spacial score (nSPS) is 9.79. The monoisotopic (exact) mass is 280 g/mol. The lowest BCUT2D eigenvalue weighted by atomic mass is 10.2. The number of benzene rings is 1. The van der Waals surface area contributed by atoms with Gasteiger partial charge in [-0.2, -0.15) is 0 Å². The van der Waals surface area contributed by atoms with Gasteiger partial charge in [0.25, 0.3) is 0 Å². The Balaban J connectivity index is 2.51. The Kier molecular flexibility index (Phi) is 6.89. The molecule has 0 saturated carbocycles. The number of hydrogen-bond acceptors (Lipinski definition) is 3. The van der Waals surface area contributed by atoms with Crippen molar-refractivity contribution in [1.82, 2.24) is 5.32 Å². The van der Waals surface area contributed by atoms with Crippen LogP contribution < -0.4 is 10.6 Å². The maximum atomic E-state index is 11.6. The molecular formula is C14H20N2O2S. The fourth-order valence-corrected chi connectivity index (χ4v) is 1.60. The first-order valence-electron chi connectivity index (χ1n) is 6.49. The Morgan fingerprint density at radius 3 is 2.47 bits per heavy atom. The molecule has 0 heterocycles. The summed E-state index contributed by atoms with van der Waals surface area (Å²) in [6.07, 6.45) is 1.84. The zero-order valence-corrected chi connectivity index (χ0v) is 12.2. The van der Waals surface area contributed by atoms with Crippen LogP contribution in [-0.4, -0.2) is 24.2 Å². The molecule has 5 heteroatoms. The Labute approximate surface area is 119 Å². The van der Waals surface area contributed by atoms with E-state index in [1.807, 2.05) is 19.1 Å². The number of hydrogen-bond donors (Lipinski definition) is 2. The second kappa shape index (κ2) is 8.48. The SMILES string of the molecule is CCCNC(=S)Nc1ccc(C(=O)OCCC)cc1. The lowest BCUT2D eigenvalue weighted by Crippen LogP contribution is -2.28. The molecule has 0 aliphatic rings. The van der Waals surface area contributed by atoms with Gasteiger partial charge in [0.2, 0.25) is 0 Å². The molecule has 104 valence electrons. The summed E-state index contributed by atoms with van der Waals surface area (Å²) in [4.78, 5) is 11.6. The topological polar surface area (TPSA) is 50.4 Å². The fraction of sp³-hybridized carbons (Fsp3) is 0.429. The molecule has 0 aliphatic carbocycles. The highest BCUT2D eigenvalue weighted by molar-refractivity contribution is 7.80. The van der Waals surface area contributed by atoms with E-state index < -0.39 is 0 Å². The molecule has 0 radical (unpaired) electrons. The van der Waals surface area contributed by atoms with Crippen LogP contribution in [0.25, 0.3) is 0 Å². The van der Waals surface area contributed by atoms with Crippen molar-refractivity contribution < 1.29 is 9.53 Å². The Morgan fingerprint density at radius 2 is 1.89 bits per heavy atom. The summed E-state index contributed by atoms with van der Waals surface area (Å²) in [5.41, 5.74) is 1.40. The average molecular weight is 280 g/mol. The minimum Gasteiger partial charge on any atom is -0.462 e. The third-order valence-electron chi connectivity index (χ3n) is 2.35. The van der Waals surface area contributed by atoms with Gasteiger partial charge in [-0.3, -0.25) is 0 Å². The van der Waals surface area contributed by atoms with Crippen LogP contribution >= 0.6 is 12.2 Å². The molecule has 0 bridgehead atoms. The predicted octanol–water partition coefficient (Wildman–Crippen LogP) is 2.95. The number of ether oxygens (including phenoxy) is 1. The van der Waals surface area contributed by atoms with Gasteiger partial charge < -0.3 is 15.4 Å². The molecular weight excluding hydrogens is 260 g/mol. The molecule has 4 nitrogen and oxygen atoms in total. The first-order valence-corrected chi connectivity index (χ1v) is 6.90. The number of thiocarbonyl (C=S) groups is 1. The number of anilines is 1. The molecule has 0 aliphatic heterocycles. The Morgan fingerprint density at radius 1 is 1.21 bits per heavy atom. The van der Waals surface area contributed by atoms with Crippen molar-refractivity contribution in [3.8, 4) is 0 Å². The maximum Gasteiger partial charge on any atom is 0.338 e. The number of carbonyl (C=O) groups is 1. The van der Waals surface area contributed by atoms with Gasteiger partial charge in [0.05, 0.1) is 12.2 Å². The molecule has 0 amide bonds. The van der Waals surface area contributed by atoms with Crippen LogP contribution in [0.15, 0.2) is 24.3 Å². The highest BCUT2D eigenvalue weighted by Crippen LogP contribution is 2.10. The van der Waals surface area contributed by atoms with Gasteiger partial charge >= 0.3 is 5.97 Å². The van der Waals surface area contributed by atoms with Crippen molar-refractivity contribution in [1.29, 1.82) is 0 Å². The van der Waals surface area contributed by atoms with Crippen LogP contribution in [0.1, 0.15) is 37.0 Å². The molecule has 0 atom stereocenters. The smallest absolute Gasteiger partial charge is 0.338 e. The first-order chi connectivity index (χ1) is 9.17. The van der Waals surface area contributed by atoms with E-state index in [1.54, 1.807) is 12.1 Å². The average Bonchev–Trinajstić information content (AvgIpc) is 2.43. The van der Waals surface area contributed by atoms with Crippen LogP contribution in [0.4, 0.5) is 5.69 Å². The molecule has 0 unspecified atom stereocenters. The summed E-state index contributed by atoms with van der Waals surface area (Å²) in [6, 6.07) is 7.07. The fourth-order valence-electron chi connectivity index (χ4n) is 1.38. The molecule has 0 fully saturated rings. The number of esters is 1. The number of carbonyl (C=O) groups excluding carboxylic acids is 1. The van der Waals surface area contributed by atoms with Gasteiger partial charge in [-0.1, -0.05) is 13.8 Å². The maximum absolute atomic E-state index is 11.6. The Hall–Kier alpha value is -1.62. The van der Waals surface area contributed by atoms with Crippen molar-refractivity contribution in [2.45, 2.75) is 26.7 Å². The molecule has 0 saturated heterocycles. The van der Waals surface area contributed by atoms with Crippen molar-refractivity contribution in [3.63, 3.8) is 0 Å². The molecule has 0 aromatic heterocycles. The van der Waals surface area contributed by atoms with Crippen molar-refractivity contribution in [2.75, 3.05) is 18.5 Å². The van der Waals surface area contributed by atoms with E-state index in [2.05, 4.69) is 17.6 Å². The van der Waals surface area contributed by atoms with E-state index in [-0.39, 0.29) is 5.97 Å². The van der Waals surface area contributed by atoms with Crippen LogP contribution in [0.3, 0.4) is 0 Å². The van der Waals surface area contributed by atoms with Crippen LogP contribution in [-0.2, 0) is 4.74 Å². The second-order valence-electron chi connectivity index (χ2n) is 4.09. The molecule has 1 rings (SSSR count). The molecule has 0 spiro atoms. The summed E-state index contributed by atoms with van der Waals surface area (Å²) in [6.45, 7) is 5.33. The summed E-state index contributed by atoms with van der Waals surface area (Å²) >= 11 is 5.13. The molecule has 1 aromatic carbocycles. The van der Waals surface area contributed by atoms with Crippen molar-refractivity contribution in [2.24, 2.45) is 0 Å². The van der Waals surface area contributed by atoms with Crippen molar-refractivity contribution in [3.05, 3.63) is 29.8 Å². The lowest BCUT2D eigenvalue weighted by Gasteiger charge is -2.10. The number of rotatable bonds is 6. The van der Waals surface area contributed by atoms with E-state index in [4.69, 9.17) is 17.0 Å². The van der Waals surface area contributed by atoms with Crippen LogP contribution in [0, 0.1) is 0 Å². The first kappa shape index (κ1) is 15.4. The van der Waals surface area contributed by atoms with Gasteiger partial charge in [-0.25, -0.2) is 4.79 Å². The van der Waals surface area contributed by atoms with Gasteiger partial charge in [0.15, 0.2) is 5.11 Å². The predicted molar refractivity (Wildman–Crippen MR) is 81.5 cm³/mol. The summed E-state index contributed by atoms with van der Waals surface area (Å²) in [5.74, 6) is -0.292. The molecule has 1 aromatic rings. The third kappa shape index (κ3) is 5.70. The van der Waals surface area contributed by atoms with Crippen LogP contribution in [0.2, 0.25) is 0 Å². The zero-order chi connectivity index (χ0) is 14.1. The van der Waals surface area contributed by atoms with E-state index in [0.29, 0.717) is 17.3 Å². The van der Waals surface area contributed by atoms with Crippen molar-refractivity contribution >= 4 is 29.0 Å². The van der Waals surface area contributed by atoms with E-state index in [1.165, 1.54) is 0 Å². The molecule has 2 N–H and O–H groups in total. The van der Waals surface area contributed by atoms with E-state index in [9.17, 15) is 4.79 Å². The highest BCUT2D eigenvalue weighted by atomic mass is 32.1. The van der Waals surface area contributed by atoms with E-state index >= 15 is 0 Å². The molecule has 19 heavy (non-hydrogen) atoms. The van der Waals surface area contributed by atoms with Gasteiger partial charge in [-0.15, -0.1) is 0 Å². The zero-order valence-electron chi connectivity index (χ0n) is 11.4. The van der Waals surface area contributed by atoms with Crippen LogP contribution in [0.5, 0.6) is 0 Å². The minimum absolute atomic E-state index is 0.292. The minimum atomic E-state index is -0.292. The standard InChI is InChI=1S/C14H20N2O2S/c1-3-9-15-14(19)16-12-7-5-11(6-8-12)13(17)18-10-4-2/h5-8H,3-4,9-10H2,1-2H3,(H2,15,16,19). The largest absolute Gasteiger partial charge is 0.462 e. The Bertz CT molecular complexity index is 418. The lowest BCUT2D eigenvalue weighted by molar-refractivity contribution is 0.0505. The van der Waals surface area contributed by atoms with Gasteiger partial charge in [-0.05, 0) is 49.3 Å². The number of nitrogens with one attached hydrogen (secondary N) is 2. The quantitative estimate of drug-likeness (QED) is 0.620. The van der Waals surface area contributed by atoms with E-state index in [0.717, 1.165) is 25.1 Å². The van der Waals surface area contributed by atoms with Gasteiger partial charge in [0.1, 0.15) is 0 Å². The summed E-state index contributed by atoms with van der Waals surface area (Å²) in [5, 5.41) is 6.72. The van der Waals surface area contributed by atoms with Gasteiger partial charge in [0, 0.05) is 12.2 Å². The summed E-state index contributed by atoms with van der Waals surface area (Å²) < 4.78 is 5.05. The highest BCUT2D eigenvalue weighted by Gasteiger charge is 2.06. The second-order valence-corrected chi connectivity index (χ2v) is 4.50. The third-order valence-corrected chi connectivity index (χ3v) is 2.60. The summed E-state index contributed by atoms with van der Waals surface area (Å²) in [7, 11) is 0.